The number of carbonyl (C=O) groups excluding carboxylic acids is 1. The monoisotopic (exact) mass is 310 g/mol. The van der Waals surface area contributed by atoms with E-state index in [0.29, 0.717) is 10.6 Å². The second-order valence-corrected chi connectivity index (χ2v) is 5.73. The number of pyridine rings is 1. The van der Waals surface area contributed by atoms with Crippen LogP contribution in [-0.4, -0.2) is 10.9 Å². The summed E-state index contributed by atoms with van der Waals surface area (Å²) in [4.78, 5) is 16.8. The Morgan fingerprint density at radius 3 is 2.55 bits per heavy atom. The van der Waals surface area contributed by atoms with Crippen molar-refractivity contribution < 1.29 is 4.79 Å². The quantitative estimate of drug-likeness (QED) is 0.741. The highest BCUT2D eigenvalue weighted by molar-refractivity contribution is 6.30. The first-order valence-electron chi connectivity index (χ1n) is 6.97. The molecular weight excluding hydrogens is 296 g/mol. The Kier molecular flexibility index (Phi) is 3.82. The SMILES string of the molecule is Cc1cc(C)c2nccc(NC(=O)c3ccc(Cl)cc3)c2c1. The maximum atomic E-state index is 12.4. The number of nitrogens with zero attached hydrogens (tertiary/aromatic N) is 1. The van der Waals surface area contributed by atoms with E-state index in [-0.39, 0.29) is 5.91 Å². The van der Waals surface area contributed by atoms with E-state index in [2.05, 4.69) is 16.4 Å². The normalized spacial score (nSPS) is 10.7. The molecule has 0 fully saturated rings. The van der Waals surface area contributed by atoms with E-state index in [4.69, 9.17) is 11.6 Å². The number of amides is 1. The molecule has 110 valence electrons. The number of aromatic nitrogens is 1. The number of hydrogen-bond acceptors (Lipinski definition) is 2. The van der Waals surface area contributed by atoms with E-state index >= 15 is 0 Å². The van der Waals surface area contributed by atoms with Gasteiger partial charge in [-0.25, -0.2) is 0 Å². The van der Waals surface area contributed by atoms with Crippen LogP contribution in [0.15, 0.2) is 48.7 Å². The molecule has 0 unspecified atom stereocenters. The molecular formula is C18H15ClN2O. The Hall–Kier alpha value is -2.39. The maximum absolute atomic E-state index is 12.4. The first kappa shape index (κ1) is 14.5. The molecule has 0 saturated heterocycles. The zero-order chi connectivity index (χ0) is 15.7. The van der Waals surface area contributed by atoms with Crippen LogP contribution in [0.3, 0.4) is 0 Å². The van der Waals surface area contributed by atoms with Gasteiger partial charge in [0.1, 0.15) is 0 Å². The van der Waals surface area contributed by atoms with Crippen molar-refractivity contribution in [3.05, 3.63) is 70.4 Å². The minimum Gasteiger partial charge on any atom is -0.321 e. The molecule has 0 spiro atoms. The fraction of sp³-hybridized carbons (Fsp3) is 0.111. The van der Waals surface area contributed by atoms with Gasteiger partial charge in [-0.2, -0.15) is 0 Å². The van der Waals surface area contributed by atoms with E-state index in [1.807, 2.05) is 26.0 Å². The molecule has 3 rings (SSSR count). The molecule has 22 heavy (non-hydrogen) atoms. The van der Waals surface area contributed by atoms with Crippen molar-refractivity contribution in [1.29, 1.82) is 0 Å². The summed E-state index contributed by atoms with van der Waals surface area (Å²) in [6, 6.07) is 12.8. The third kappa shape index (κ3) is 2.81. The molecule has 0 aliphatic rings. The first-order chi connectivity index (χ1) is 10.5. The fourth-order valence-electron chi connectivity index (χ4n) is 2.52. The van der Waals surface area contributed by atoms with Crippen molar-refractivity contribution in [2.24, 2.45) is 0 Å². The average Bonchev–Trinajstić information content (AvgIpc) is 2.48. The third-order valence-corrected chi connectivity index (χ3v) is 3.79. The van der Waals surface area contributed by atoms with E-state index < -0.39 is 0 Å². The van der Waals surface area contributed by atoms with Gasteiger partial charge in [0.2, 0.25) is 0 Å². The van der Waals surface area contributed by atoms with E-state index in [9.17, 15) is 4.79 Å². The Balaban J connectivity index is 2.00. The Morgan fingerprint density at radius 1 is 1.09 bits per heavy atom. The number of halogens is 1. The number of carbonyl (C=O) groups is 1. The molecule has 3 nitrogen and oxygen atoms in total. The van der Waals surface area contributed by atoms with Crippen molar-refractivity contribution in [3.63, 3.8) is 0 Å². The van der Waals surface area contributed by atoms with Crippen LogP contribution in [0.4, 0.5) is 5.69 Å². The van der Waals surface area contributed by atoms with Gasteiger partial charge in [0.15, 0.2) is 0 Å². The largest absolute Gasteiger partial charge is 0.321 e. The predicted octanol–water partition coefficient (Wildman–Crippen LogP) is 4.76. The number of aryl methyl sites for hydroxylation is 2. The van der Waals surface area contributed by atoms with Gasteiger partial charge in [-0.1, -0.05) is 23.2 Å². The molecule has 0 aliphatic carbocycles. The van der Waals surface area contributed by atoms with Gasteiger partial charge in [0.05, 0.1) is 11.2 Å². The second-order valence-electron chi connectivity index (χ2n) is 5.30. The van der Waals surface area contributed by atoms with Gasteiger partial charge in [-0.15, -0.1) is 0 Å². The Morgan fingerprint density at radius 2 is 1.82 bits per heavy atom. The number of benzene rings is 2. The zero-order valence-corrected chi connectivity index (χ0v) is 13.1. The van der Waals surface area contributed by atoms with Crippen LogP contribution >= 0.6 is 11.6 Å². The van der Waals surface area contributed by atoms with Crippen molar-refractivity contribution in [1.82, 2.24) is 4.98 Å². The second kappa shape index (κ2) is 5.78. The number of fused-ring (bicyclic) bond motifs is 1. The molecule has 1 amide bonds. The summed E-state index contributed by atoms with van der Waals surface area (Å²) in [6.07, 6.45) is 1.71. The molecule has 3 aromatic rings. The van der Waals surface area contributed by atoms with Crippen LogP contribution in [0.25, 0.3) is 10.9 Å². The van der Waals surface area contributed by atoms with Crippen LogP contribution in [0.5, 0.6) is 0 Å². The molecule has 1 heterocycles. The van der Waals surface area contributed by atoms with Crippen LogP contribution in [0, 0.1) is 13.8 Å². The number of hydrogen-bond donors (Lipinski definition) is 1. The minimum atomic E-state index is -0.164. The van der Waals surface area contributed by atoms with Gasteiger partial charge in [-0.05, 0) is 55.8 Å². The molecule has 0 radical (unpaired) electrons. The fourth-order valence-corrected chi connectivity index (χ4v) is 2.64. The highest BCUT2D eigenvalue weighted by Gasteiger charge is 2.10. The standard InChI is InChI=1S/C18H15ClN2O/c1-11-9-12(2)17-15(10-11)16(7-8-20-17)21-18(22)13-3-5-14(19)6-4-13/h3-10H,1-2H3,(H,20,21,22). The number of nitrogens with one attached hydrogen (secondary N) is 1. The summed E-state index contributed by atoms with van der Waals surface area (Å²) in [6.45, 7) is 4.05. The Labute approximate surface area is 133 Å². The summed E-state index contributed by atoms with van der Waals surface area (Å²) in [5, 5.41) is 4.51. The zero-order valence-electron chi connectivity index (χ0n) is 12.4. The molecule has 4 heteroatoms. The lowest BCUT2D eigenvalue weighted by atomic mass is 10.1. The van der Waals surface area contributed by atoms with Gasteiger partial charge in [0.25, 0.3) is 5.91 Å². The van der Waals surface area contributed by atoms with Crippen LogP contribution in [0.2, 0.25) is 5.02 Å². The third-order valence-electron chi connectivity index (χ3n) is 3.53. The van der Waals surface area contributed by atoms with E-state index in [1.54, 1.807) is 30.5 Å². The summed E-state index contributed by atoms with van der Waals surface area (Å²) in [5.41, 5.74) is 4.47. The lowest BCUT2D eigenvalue weighted by Crippen LogP contribution is -2.12. The molecule has 2 aromatic carbocycles. The van der Waals surface area contributed by atoms with Crippen molar-refractivity contribution >= 4 is 34.1 Å². The summed E-state index contributed by atoms with van der Waals surface area (Å²) < 4.78 is 0. The minimum absolute atomic E-state index is 0.164. The first-order valence-corrected chi connectivity index (χ1v) is 7.35. The van der Waals surface area contributed by atoms with Crippen molar-refractivity contribution in [2.45, 2.75) is 13.8 Å². The van der Waals surface area contributed by atoms with E-state index in [0.717, 1.165) is 27.7 Å². The summed E-state index contributed by atoms with van der Waals surface area (Å²) in [5.74, 6) is -0.164. The van der Waals surface area contributed by atoms with Crippen LogP contribution < -0.4 is 5.32 Å². The highest BCUT2D eigenvalue weighted by Crippen LogP contribution is 2.26. The molecule has 1 N–H and O–H groups in total. The highest BCUT2D eigenvalue weighted by atomic mass is 35.5. The summed E-state index contributed by atoms with van der Waals surface area (Å²) >= 11 is 5.85. The van der Waals surface area contributed by atoms with Gasteiger partial charge >= 0.3 is 0 Å². The molecule has 0 atom stereocenters. The Bertz CT molecular complexity index is 857. The van der Waals surface area contributed by atoms with E-state index in [1.165, 1.54) is 0 Å². The summed E-state index contributed by atoms with van der Waals surface area (Å²) in [7, 11) is 0. The maximum Gasteiger partial charge on any atom is 0.255 e. The topological polar surface area (TPSA) is 42.0 Å². The lowest BCUT2D eigenvalue weighted by molar-refractivity contribution is 0.102. The van der Waals surface area contributed by atoms with Crippen molar-refractivity contribution in [2.75, 3.05) is 5.32 Å². The molecule has 0 bridgehead atoms. The predicted molar refractivity (Wildman–Crippen MR) is 90.6 cm³/mol. The molecule has 1 aromatic heterocycles. The average molecular weight is 311 g/mol. The molecule has 0 aliphatic heterocycles. The number of anilines is 1. The van der Waals surface area contributed by atoms with Crippen LogP contribution in [0.1, 0.15) is 21.5 Å². The smallest absolute Gasteiger partial charge is 0.255 e. The number of rotatable bonds is 2. The van der Waals surface area contributed by atoms with Gasteiger partial charge in [-0.3, -0.25) is 9.78 Å². The van der Waals surface area contributed by atoms with Gasteiger partial charge in [0, 0.05) is 22.2 Å². The van der Waals surface area contributed by atoms with Crippen LogP contribution in [-0.2, 0) is 0 Å². The lowest BCUT2D eigenvalue weighted by Gasteiger charge is -2.10. The van der Waals surface area contributed by atoms with Crippen molar-refractivity contribution in [3.8, 4) is 0 Å². The van der Waals surface area contributed by atoms with Gasteiger partial charge < -0.3 is 5.32 Å². The molecule has 0 saturated carbocycles.